The molecule has 1 aromatic carbocycles. The van der Waals surface area contributed by atoms with Gasteiger partial charge in [0, 0.05) is 11.9 Å². The maximum absolute atomic E-state index is 12.4. The monoisotopic (exact) mass is 281 g/mol. The van der Waals surface area contributed by atoms with Gasteiger partial charge in [0.05, 0.1) is 6.20 Å². The second-order valence-electron chi connectivity index (χ2n) is 5.51. The summed E-state index contributed by atoms with van der Waals surface area (Å²) >= 11 is 0. The lowest BCUT2D eigenvalue weighted by Gasteiger charge is -2.06. The minimum Gasteiger partial charge on any atom is -0.450 e. The highest BCUT2D eigenvalue weighted by Gasteiger charge is 2.23. The van der Waals surface area contributed by atoms with E-state index >= 15 is 0 Å². The molecule has 1 fully saturated rings. The maximum atomic E-state index is 12.4. The molecule has 3 aromatic rings. The van der Waals surface area contributed by atoms with Gasteiger partial charge in [-0.3, -0.25) is 4.79 Å². The molecular formula is C16H15N3O2. The highest BCUT2D eigenvalue weighted by molar-refractivity contribution is 5.38. The van der Waals surface area contributed by atoms with Crippen molar-refractivity contribution in [1.29, 1.82) is 0 Å². The molecule has 2 heterocycles. The molecule has 1 aliphatic carbocycles. The fourth-order valence-electron chi connectivity index (χ4n) is 2.51. The average molecular weight is 281 g/mol. The number of imidazole rings is 1. The van der Waals surface area contributed by atoms with Gasteiger partial charge in [-0.1, -0.05) is 12.1 Å². The number of aryl methyl sites for hydroxylation is 1. The van der Waals surface area contributed by atoms with Gasteiger partial charge in [-0.2, -0.15) is 0 Å². The van der Waals surface area contributed by atoms with E-state index in [0.717, 1.165) is 5.69 Å². The van der Waals surface area contributed by atoms with Crippen molar-refractivity contribution < 1.29 is 4.74 Å². The van der Waals surface area contributed by atoms with Crippen LogP contribution in [0.3, 0.4) is 0 Å². The highest BCUT2D eigenvalue weighted by atomic mass is 16.5. The van der Waals surface area contributed by atoms with Crippen LogP contribution in [0.25, 0.3) is 5.78 Å². The van der Waals surface area contributed by atoms with E-state index in [4.69, 9.17) is 4.74 Å². The van der Waals surface area contributed by atoms with Crippen LogP contribution in [0.2, 0.25) is 0 Å². The summed E-state index contributed by atoms with van der Waals surface area (Å²) in [5, 5.41) is 0. The lowest BCUT2D eigenvalue weighted by atomic mass is 10.1. The van der Waals surface area contributed by atoms with Crippen LogP contribution in [0.1, 0.15) is 30.0 Å². The molecule has 1 saturated carbocycles. The summed E-state index contributed by atoms with van der Waals surface area (Å²) in [6.07, 6.45) is 5.67. The van der Waals surface area contributed by atoms with Gasteiger partial charge in [-0.05, 0) is 43.4 Å². The second-order valence-corrected chi connectivity index (χ2v) is 5.51. The molecule has 5 heteroatoms. The molecule has 106 valence electrons. The minimum atomic E-state index is -0.207. The van der Waals surface area contributed by atoms with E-state index in [1.807, 2.05) is 25.1 Å². The van der Waals surface area contributed by atoms with Gasteiger partial charge >= 0.3 is 5.56 Å². The Morgan fingerprint density at radius 1 is 1.38 bits per heavy atom. The molecule has 0 atom stereocenters. The third-order valence-corrected chi connectivity index (χ3v) is 3.73. The SMILES string of the molecule is Cc1cn2c(=O)c(Oc3cccc(C4CC4)c3)cnc2[nH]1. The summed E-state index contributed by atoms with van der Waals surface area (Å²) in [4.78, 5) is 19.6. The number of fused-ring (bicyclic) bond motifs is 1. The number of hydrogen-bond acceptors (Lipinski definition) is 3. The number of ether oxygens (including phenoxy) is 1. The molecule has 4 rings (SSSR count). The van der Waals surface area contributed by atoms with Gasteiger partial charge < -0.3 is 9.72 Å². The van der Waals surface area contributed by atoms with Crippen molar-refractivity contribution in [2.24, 2.45) is 0 Å². The number of benzene rings is 1. The Balaban J connectivity index is 1.72. The van der Waals surface area contributed by atoms with Crippen LogP contribution in [-0.2, 0) is 0 Å². The zero-order valence-corrected chi connectivity index (χ0v) is 11.7. The van der Waals surface area contributed by atoms with Crippen molar-refractivity contribution in [3.8, 4) is 11.5 Å². The molecule has 0 spiro atoms. The molecule has 1 aliphatic rings. The maximum Gasteiger partial charge on any atom is 0.302 e. The summed E-state index contributed by atoms with van der Waals surface area (Å²) in [5.41, 5.74) is 1.95. The molecule has 1 N–H and O–H groups in total. The Labute approximate surface area is 121 Å². The first-order valence-electron chi connectivity index (χ1n) is 7.05. The normalized spacial score (nSPS) is 14.5. The van der Waals surface area contributed by atoms with E-state index in [-0.39, 0.29) is 11.3 Å². The van der Waals surface area contributed by atoms with E-state index in [9.17, 15) is 4.79 Å². The van der Waals surface area contributed by atoms with Crippen LogP contribution >= 0.6 is 0 Å². The van der Waals surface area contributed by atoms with E-state index < -0.39 is 0 Å². The van der Waals surface area contributed by atoms with Crippen molar-refractivity contribution in [2.75, 3.05) is 0 Å². The lowest BCUT2D eigenvalue weighted by molar-refractivity contribution is 0.470. The number of aromatic amines is 1. The fraction of sp³-hybridized carbons (Fsp3) is 0.250. The van der Waals surface area contributed by atoms with Gasteiger partial charge in [0.1, 0.15) is 5.75 Å². The van der Waals surface area contributed by atoms with Crippen LogP contribution in [0.15, 0.2) is 41.5 Å². The number of rotatable bonds is 3. The number of nitrogens with one attached hydrogen (secondary N) is 1. The quantitative estimate of drug-likeness (QED) is 0.802. The van der Waals surface area contributed by atoms with Crippen LogP contribution in [0, 0.1) is 6.92 Å². The van der Waals surface area contributed by atoms with E-state index in [0.29, 0.717) is 17.4 Å². The zero-order valence-electron chi connectivity index (χ0n) is 11.7. The standard InChI is InChI=1S/C16H15N3O2/c1-10-9-19-15(20)14(8-17-16(19)18-10)21-13-4-2-3-12(7-13)11-5-6-11/h2-4,7-9,11H,5-6H2,1H3,(H,17,18). The molecule has 0 amide bonds. The second kappa shape index (κ2) is 4.48. The average Bonchev–Trinajstić information content (AvgIpc) is 3.25. The molecule has 5 nitrogen and oxygen atoms in total. The van der Waals surface area contributed by atoms with Crippen LogP contribution < -0.4 is 10.3 Å². The molecule has 0 radical (unpaired) electrons. The first kappa shape index (κ1) is 12.2. The summed E-state index contributed by atoms with van der Waals surface area (Å²) in [6.45, 7) is 1.88. The van der Waals surface area contributed by atoms with Gasteiger partial charge in [-0.25, -0.2) is 9.38 Å². The molecule has 0 saturated heterocycles. The Morgan fingerprint density at radius 3 is 3.05 bits per heavy atom. The molecule has 0 unspecified atom stereocenters. The number of nitrogens with zero attached hydrogens (tertiary/aromatic N) is 2. The van der Waals surface area contributed by atoms with Crippen LogP contribution in [0.5, 0.6) is 11.5 Å². The Bertz CT molecular complexity index is 875. The largest absolute Gasteiger partial charge is 0.450 e. The van der Waals surface area contributed by atoms with Gasteiger partial charge in [0.25, 0.3) is 0 Å². The predicted octanol–water partition coefficient (Wildman–Crippen LogP) is 3.00. The number of hydrogen-bond donors (Lipinski definition) is 1. The fourth-order valence-corrected chi connectivity index (χ4v) is 2.51. The Kier molecular flexibility index (Phi) is 2.60. The molecule has 0 bridgehead atoms. The van der Waals surface area contributed by atoms with Crippen molar-refractivity contribution in [3.63, 3.8) is 0 Å². The van der Waals surface area contributed by atoms with Gasteiger partial charge in [0.2, 0.25) is 11.5 Å². The molecular weight excluding hydrogens is 266 g/mol. The van der Waals surface area contributed by atoms with Crippen LogP contribution in [0.4, 0.5) is 0 Å². The Morgan fingerprint density at radius 2 is 2.24 bits per heavy atom. The molecule has 0 aliphatic heterocycles. The predicted molar refractivity (Wildman–Crippen MR) is 79.0 cm³/mol. The summed E-state index contributed by atoms with van der Waals surface area (Å²) in [7, 11) is 0. The topological polar surface area (TPSA) is 59.4 Å². The van der Waals surface area contributed by atoms with E-state index in [2.05, 4.69) is 16.0 Å². The van der Waals surface area contributed by atoms with Crippen LogP contribution in [-0.4, -0.2) is 14.4 Å². The summed E-state index contributed by atoms with van der Waals surface area (Å²) < 4.78 is 7.20. The minimum absolute atomic E-state index is 0.207. The Hall–Kier alpha value is -2.56. The van der Waals surface area contributed by atoms with Crippen molar-refractivity contribution in [2.45, 2.75) is 25.7 Å². The number of aromatic nitrogens is 3. The van der Waals surface area contributed by atoms with Crippen molar-refractivity contribution in [1.82, 2.24) is 14.4 Å². The van der Waals surface area contributed by atoms with Crippen molar-refractivity contribution in [3.05, 3.63) is 58.3 Å². The summed E-state index contributed by atoms with van der Waals surface area (Å²) in [5.74, 6) is 2.10. The summed E-state index contributed by atoms with van der Waals surface area (Å²) in [6, 6.07) is 7.94. The zero-order chi connectivity index (χ0) is 14.4. The van der Waals surface area contributed by atoms with Crippen molar-refractivity contribution >= 4 is 5.78 Å². The molecule has 21 heavy (non-hydrogen) atoms. The lowest BCUT2D eigenvalue weighted by Crippen LogP contribution is -2.14. The highest BCUT2D eigenvalue weighted by Crippen LogP contribution is 2.41. The third kappa shape index (κ3) is 2.20. The smallest absolute Gasteiger partial charge is 0.302 e. The van der Waals surface area contributed by atoms with Gasteiger partial charge in [0.15, 0.2) is 0 Å². The van der Waals surface area contributed by atoms with E-state index in [1.54, 1.807) is 6.20 Å². The van der Waals surface area contributed by atoms with Gasteiger partial charge in [-0.15, -0.1) is 0 Å². The first-order valence-corrected chi connectivity index (χ1v) is 7.05. The third-order valence-electron chi connectivity index (χ3n) is 3.73. The number of H-pyrrole nitrogens is 1. The molecule has 2 aromatic heterocycles. The van der Waals surface area contributed by atoms with E-state index in [1.165, 1.54) is 29.0 Å². The first-order chi connectivity index (χ1) is 10.2.